The molecule has 0 unspecified atom stereocenters. The number of nitrogens with zero attached hydrogens (tertiary/aromatic N) is 1. The van der Waals surface area contributed by atoms with Gasteiger partial charge in [0.1, 0.15) is 0 Å². The zero-order valence-corrected chi connectivity index (χ0v) is 11.8. The normalized spacial score (nSPS) is 13.9. The average Bonchev–Trinajstić information content (AvgIpc) is 2.39. The summed E-state index contributed by atoms with van der Waals surface area (Å²) in [6.45, 7) is 1.45. The molecule has 3 N–H and O–H groups in total. The summed E-state index contributed by atoms with van der Waals surface area (Å²) in [5.41, 5.74) is 2.42. The van der Waals surface area contributed by atoms with Crippen molar-refractivity contribution in [1.82, 2.24) is 15.3 Å². The molecule has 0 atom stereocenters. The molecular formula is C13H13BrN4O. The second-order valence-corrected chi connectivity index (χ2v) is 5.32. The van der Waals surface area contributed by atoms with Crippen LogP contribution in [0.25, 0.3) is 0 Å². The molecule has 1 aromatic heterocycles. The molecule has 0 spiro atoms. The molecular weight excluding hydrogens is 308 g/mol. The fourth-order valence-electron chi connectivity index (χ4n) is 2.12. The van der Waals surface area contributed by atoms with Crippen LogP contribution in [-0.2, 0) is 13.0 Å². The number of hydrogen-bond acceptors (Lipinski definition) is 4. The zero-order chi connectivity index (χ0) is 13.2. The van der Waals surface area contributed by atoms with Crippen LogP contribution in [0.15, 0.2) is 33.5 Å². The summed E-state index contributed by atoms with van der Waals surface area (Å²) in [7, 11) is 0. The van der Waals surface area contributed by atoms with Crippen molar-refractivity contribution in [3.05, 3.63) is 50.3 Å². The molecule has 0 bridgehead atoms. The highest BCUT2D eigenvalue weighted by Gasteiger charge is 2.14. The largest absolute Gasteiger partial charge is 0.326 e. The van der Waals surface area contributed by atoms with E-state index in [1.165, 1.54) is 0 Å². The van der Waals surface area contributed by atoms with Gasteiger partial charge in [-0.05, 0) is 18.2 Å². The summed E-state index contributed by atoms with van der Waals surface area (Å²) >= 11 is 3.41. The number of nitrogens with one attached hydrogen (secondary N) is 3. The molecule has 1 aliphatic rings. The van der Waals surface area contributed by atoms with Gasteiger partial charge in [0.05, 0.1) is 11.3 Å². The van der Waals surface area contributed by atoms with Gasteiger partial charge in [-0.15, -0.1) is 0 Å². The van der Waals surface area contributed by atoms with Crippen LogP contribution < -0.4 is 16.2 Å². The second-order valence-electron chi connectivity index (χ2n) is 4.40. The summed E-state index contributed by atoms with van der Waals surface area (Å²) in [6, 6.07) is 7.72. The molecule has 2 heterocycles. The SMILES string of the molecule is O=c1[nH]c(Nc2cccc(Br)c2)nc2c1CNCC2. The average molecular weight is 321 g/mol. The number of hydrogen-bond donors (Lipinski definition) is 3. The van der Waals surface area contributed by atoms with E-state index in [1.807, 2.05) is 24.3 Å². The first-order valence-electron chi connectivity index (χ1n) is 6.08. The molecule has 19 heavy (non-hydrogen) atoms. The van der Waals surface area contributed by atoms with Crippen LogP contribution in [0.1, 0.15) is 11.3 Å². The lowest BCUT2D eigenvalue weighted by Crippen LogP contribution is -2.31. The molecule has 98 valence electrons. The van der Waals surface area contributed by atoms with Crippen molar-refractivity contribution in [3.8, 4) is 0 Å². The Morgan fingerprint density at radius 3 is 3.11 bits per heavy atom. The van der Waals surface area contributed by atoms with Gasteiger partial charge >= 0.3 is 0 Å². The topological polar surface area (TPSA) is 69.8 Å². The van der Waals surface area contributed by atoms with Crippen molar-refractivity contribution in [1.29, 1.82) is 0 Å². The minimum Gasteiger partial charge on any atom is -0.326 e. The Balaban J connectivity index is 1.94. The maximum Gasteiger partial charge on any atom is 0.257 e. The first-order chi connectivity index (χ1) is 9.22. The van der Waals surface area contributed by atoms with Crippen molar-refractivity contribution in [3.63, 3.8) is 0 Å². The molecule has 0 radical (unpaired) electrons. The molecule has 2 aromatic rings. The Morgan fingerprint density at radius 1 is 1.37 bits per heavy atom. The summed E-state index contributed by atoms with van der Waals surface area (Å²) in [4.78, 5) is 19.2. The van der Waals surface area contributed by atoms with Gasteiger partial charge in [-0.2, -0.15) is 0 Å². The van der Waals surface area contributed by atoms with Crippen LogP contribution in [-0.4, -0.2) is 16.5 Å². The predicted molar refractivity (Wildman–Crippen MR) is 77.7 cm³/mol. The number of rotatable bonds is 2. The first-order valence-corrected chi connectivity index (χ1v) is 6.87. The van der Waals surface area contributed by atoms with E-state index in [9.17, 15) is 4.79 Å². The fraction of sp³-hybridized carbons (Fsp3) is 0.231. The molecule has 0 aliphatic carbocycles. The Bertz CT molecular complexity index is 668. The van der Waals surface area contributed by atoms with Gasteiger partial charge in [-0.1, -0.05) is 22.0 Å². The number of aromatic amines is 1. The van der Waals surface area contributed by atoms with Crippen LogP contribution in [0, 0.1) is 0 Å². The maximum absolute atomic E-state index is 12.0. The lowest BCUT2D eigenvalue weighted by molar-refractivity contribution is 0.621. The molecule has 3 rings (SSSR count). The van der Waals surface area contributed by atoms with Gasteiger partial charge in [-0.25, -0.2) is 4.98 Å². The van der Waals surface area contributed by atoms with Crippen molar-refractivity contribution < 1.29 is 0 Å². The Hall–Kier alpha value is -1.66. The van der Waals surface area contributed by atoms with Crippen molar-refractivity contribution >= 4 is 27.6 Å². The minimum atomic E-state index is -0.0744. The maximum atomic E-state index is 12.0. The smallest absolute Gasteiger partial charge is 0.257 e. The summed E-state index contributed by atoms with van der Waals surface area (Å²) in [5.74, 6) is 0.490. The molecule has 1 aliphatic heterocycles. The van der Waals surface area contributed by atoms with Crippen molar-refractivity contribution in [2.24, 2.45) is 0 Å². The van der Waals surface area contributed by atoms with Gasteiger partial charge in [0.2, 0.25) is 5.95 Å². The molecule has 5 nitrogen and oxygen atoms in total. The van der Waals surface area contributed by atoms with Gasteiger partial charge in [-0.3, -0.25) is 9.78 Å². The summed E-state index contributed by atoms with van der Waals surface area (Å²) in [5, 5.41) is 6.29. The molecule has 0 saturated carbocycles. The van der Waals surface area contributed by atoms with Gasteiger partial charge in [0.25, 0.3) is 5.56 Å². The summed E-state index contributed by atoms with van der Waals surface area (Å²) in [6.07, 6.45) is 0.784. The lowest BCUT2D eigenvalue weighted by Gasteiger charge is -2.16. The van der Waals surface area contributed by atoms with Crippen LogP contribution in [0.4, 0.5) is 11.6 Å². The monoisotopic (exact) mass is 320 g/mol. The van der Waals surface area contributed by atoms with Gasteiger partial charge < -0.3 is 10.6 Å². The number of halogens is 1. The van der Waals surface area contributed by atoms with E-state index in [2.05, 4.69) is 36.5 Å². The molecule has 1 aromatic carbocycles. The molecule has 6 heteroatoms. The lowest BCUT2D eigenvalue weighted by atomic mass is 10.1. The number of anilines is 2. The fourth-order valence-corrected chi connectivity index (χ4v) is 2.52. The summed E-state index contributed by atoms with van der Waals surface area (Å²) < 4.78 is 0.974. The van der Waals surface area contributed by atoms with Crippen LogP contribution in [0.2, 0.25) is 0 Å². The van der Waals surface area contributed by atoms with Crippen LogP contribution in [0.5, 0.6) is 0 Å². The van der Waals surface area contributed by atoms with E-state index in [0.717, 1.165) is 34.4 Å². The van der Waals surface area contributed by atoms with E-state index in [-0.39, 0.29) is 5.56 Å². The van der Waals surface area contributed by atoms with E-state index < -0.39 is 0 Å². The predicted octanol–water partition coefficient (Wildman–Crippen LogP) is 1.92. The third-order valence-corrected chi connectivity index (χ3v) is 3.52. The quantitative estimate of drug-likeness (QED) is 0.790. The second kappa shape index (κ2) is 5.14. The van der Waals surface area contributed by atoms with Crippen molar-refractivity contribution in [2.45, 2.75) is 13.0 Å². The van der Waals surface area contributed by atoms with E-state index in [0.29, 0.717) is 12.5 Å². The highest BCUT2D eigenvalue weighted by molar-refractivity contribution is 9.10. The molecule has 0 amide bonds. The number of aromatic nitrogens is 2. The van der Waals surface area contributed by atoms with E-state index >= 15 is 0 Å². The van der Waals surface area contributed by atoms with E-state index in [1.54, 1.807) is 0 Å². The standard InChI is InChI=1S/C13H13BrN4O/c14-8-2-1-3-9(6-8)16-13-17-11-4-5-15-7-10(11)12(19)18-13/h1-3,6,15H,4-5,7H2,(H2,16,17,18,19). The van der Waals surface area contributed by atoms with E-state index in [4.69, 9.17) is 0 Å². The highest BCUT2D eigenvalue weighted by Crippen LogP contribution is 2.18. The molecule has 0 fully saturated rings. The number of H-pyrrole nitrogens is 1. The van der Waals surface area contributed by atoms with Crippen molar-refractivity contribution in [2.75, 3.05) is 11.9 Å². The molecule has 0 saturated heterocycles. The Kier molecular flexibility index (Phi) is 3.35. The Morgan fingerprint density at radius 2 is 2.26 bits per heavy atom. The van der Waals surface area contributed by atoms with Gasteiger partial charge in [0, 0.05) is 29.7 Å². The van der Waals surface area contributed by atoms with Gasteiger partial charge in [0.15, 0.2) is 0 Å². The van der Waals surface area contributed by atoms with Crippen LogP contribution >= 0.6 is 15.9 Å². The number of fused-ring (bicyclic) bond motifs is 1. The van der Waals surface area contributed by atoms with Crippen LogP contribution in [0.3, 0.4) is 0 Å². The highest BCUT2D eigenvalue weighted by atomic mass is 79.9. The third-order valence-electron chi connectivity index (χ3n) is 3.03. The minimum absolute atomic E-state index is 0.0744. The third kappa shape index (κ3) is 2.69. The zero-order valence-electron chi connectivity index (χ0n) is 10.2. The Labute approximate surface area is 118 Å². The first kappa shape index (κ1) is 12.4. The number of benzene rings is 1.